The molecular weight excluding hydrogens is 296 g/mol. The average Bonchev–Trinajstić information content (AvgIpc) is 2.89. The molecule has 132 valence electrons. The van der Waals surface area contributed by atoms with Crippen molar-refractivity contribution in [2.24, 2.45) is 17.8 Å². The molecule has 0 fully saturated rings. The van der Waals surface area contributed by atoms with Crippen LogP contribution in [0.5, 0.6) is 5.75 Å². The van der Waals surface area contributed by atoms with Crippen molar-refractivity contribution >= 4 is 0 Å². The van der Waals surface area contributed by atoms with Crippen LogP contribution >= 0.6 is 0 Å². The van der Waals surface area contributed by atoms with Gasteiger partial charge >= 0.3 is 0 Å². The molecule has 0 heterocycles. The molecule has 2 N–H and O–H groups in total. The maximum atomic E-state index is 10.5. The summed E-state index contributed by atoms with van der Waals surface area (Å²) in [7, 11) is 0. The summed E-state index contributed by atoms with van der Waals surface area (Å²) in [5.74, 6) is 2.22. The van der Waals surface area contributed by atoms with Crippen molar-refractivity contribution < 1.29 is 10.2 Å². The minimum Gasteiger partial charge on any atom is -0.508 e. The van der Waals surface area contributed by atoms with Crippen molar-refractivity contribution in [1.82, 2.24) is 0 Å². The van der Waals surface area contributed by atoms with E-state index in [0.29, 0.717) is 23.5 Å². The van der Waals surface area contributed by atoms with E-state index in [0.717, 1.165) is 31.2 Å². The Kier molecular flexibility index (Phi) is 4.79. The maximum absolute atomic E-state index is 10.5. The number of hydrogen-bond acceptors (Lipinski definition) is 2. The Balaban J connectivity index is 2.06. The van der Waals surface area contributed by atoms with E-state index in [2.05, 4.69) is 39.8 Å². The highest BCUT2D eigenvalue weighted by molar-refractivity contribution is 5.56. The van der Waals surface area contributed by atoms with Gasteiger partial charge in [-0.1, -0.05) is 45.9 Å². The number of allylic oxidation sites excluding steroid dienone is 1. The molecule has 0 saturated carbocycles. The highest BCUT2D eigenvalue weighted by Gasteiger charge is 2.48. The summed E-state index contributed by atoms with van der Waals surface area (Å²) in [4.78, 5) is 0. The van der Waals surface area contributed by atoms with Gasteiger partial charge in [0, 0.05) is 5.41 Å². The zero-order chi connectivity index (χ0) is 17.5. The molecular formula is C22H32O2. The fraction of sp³-hybridized carbons (Fsp3) is 0.636. The number of aliphatic hydroxyl groups is 1. The lowest BCUT2D eigenvalue weighted by Crippen LogP contribution is -2.36. The molecule has 0 saturated heterocycles. The molecule has 0 spiro atoms. The Hall–Kier alpha value is -1.28. The highest BCUT2D eigenvalue weighted by atomic mass is 16.3. The van der Waals surface area contributed by atoms with Gasteiger partial charge in [-0.3, -0.25) is 0 Å². The number of rotatable bonds is 5. The van der Waals surface area contributed by atoms with Gasteiger partial charge in [0.05, 0.1) is 6.10 Å². The van der Waals surface area contributed by atoms with Crippen molar-refractivity contribution in [1.29, 1.82) is 0 Å². The molecule has 2 heteroatoms. The number of hydrogen-bond donors (Lipinski definition) is 2. The molecule has 3 rings (SSSR count). The quantitative estimate of drug-likeness (QED) is 0.765. The minimum absolute atomic E-state index is 0.00178. The smallest absolute Gasteiger partial charge is 0.119 e. The van der Waals surface area contributed by atoms with Crippen LogP contribution in [0.3, 0.4) is 0 Å². The standard InChI is InChI=1S/C22H32O2/c1-5-16-6-7-20(24)19-13-17-12-18(23)9-11-22(17,21(16)19)10-8-15(4)14(2)3/h6-7,9,11,14-15,17-18,23-24H,5,8,10,12-13H2,1-4H3. The number of fused-ring (bicyclic) bond motifs is 3. The van der Waals surface area contributed by atoms with Gasteiger partial charge in [-0.15, -0.1) is 0 Å². The highest BCUT2D eigenvalue weighted by Crippen LogP contribution is 2.55. The lowest BCUT2D eigenvalue weighted by molar-refractivity contribution is 0.144. The van der Waals surface area contributed by atoms with Crippen LogP contribution in [0, 0.1) is 17.8 Å². The van der Waals surface area contributed by atoms with E-state index in [1.807, 2.05) is 12.1 Å². The second-order valence-corrected chi connectivity index (χ2v) is 8.31. The molecule has 4 atom stereocenters. The SMILES string of the molecule is CCc1ccc(O)c2c1C1(CCC(C)C(C)C)C=CC(O)CC1C2. The molecule has 2 aliphatic rings. The summed E-state index contributed by atoms with van der Waals surface area (Å²) in [6.07, 6.45) is 8.94. The molecule has 2 nitrogen and oxygen atoms in total. The van der Waals surface area contributed by atoms with Gasteiger partial charge in [0.15, 0.2) is 0 Å². The van der Waals surface area contributed by atoms with E-state index in [1.54, 1.807) is 0 Å². The minimum atomic E-state index is -0.341. The van der Waals surface area contributed by atoms with E-state index < -0.39 is 0 Å². The third-order valence-corrected chi connectivity index (χ3v) is 6.69. The third kappa shape index (κ3) is 2.79. The van der Waals surface area contributed by atoms with Gasteiger partial charge < -0.3 is 10.2 Å². The fourth-order valence-corrected chi connectivity index (χ4v) is 4.78. The number of aryl methyl sites for hydroxylation is 1. The monoisotopic (exact) mass is 328 g/mol. The van der Waals surface area contributed by atoms with Gasteiger partial charge in [-0.05, 0) is 72.6 Å². The normalized spacial score (nSPS) is 29.6. The maximum Gasteiger partial charge on any atom is 0.119 e. The lowest BCUT2D eigenvalue weighted by atomic mass is 9.64. The first-order valence-corrected chi connectivity index (χ1v) is 9.60. The summed E-state index contributed by atoms with van der Waals surface area (Å²) in [6.45, 7) is 9.14. The van der Waals surface area contributed by atoms with Crippen LogP contribution in [0.1, 0.15) is 63.6 Å². The first-order chi connectivity index (χ1) is 11.4. The van der Waals surface area contributed by atoms with Crippen LogP contribution in [0.25, 0.3) is 0 Å². The van der Waals surface area contributed by atoms with E-state index in [9.17, 15) is 10.2 Å². The molecule has 0 aromatic heterocycles. The molecule has 2 aliphatic carbocycles. The van der Waals surface area contributed by atoms with E-state index >= 15 is 0 Å². The first kappa shape index (κ1) is 17.5. The second kappa shape index (κ2) is 6.55. The summed E-state index contributed by atoms with van der Waals surface area (Å²) >= 11 is 0. The van der Waals surface area contributed by atoms with E-state index in [-0.39, 0.29) is 11.5 Å². The second-order valence-electron chi connectivity index (χ2n) is 8.31. The number of aromatic hydroxyl groups is 1. The molecule has 24 heavy (non-hydrogen) atoms. The average molecular weight is 328 g/mol. The van der Waals surface area contributed by atoms with Crippen LogP contribution in [0.15, 0.2) is 24.3 Å². The van der Waals surface area contributed by atoms with Gasteiger partial charge in [-0.25, -0.2) is 0 Å². The Bertz CT molecular complexity index is 631. The van der Waals surface area contributed by atoms with E-state index in [4.69, 9.17) is 0 Å². The Morgan fingerprint density at radius 1 is 1.25 bits per heavy atom. The number of benzene rings is 1. The van der Waals surface area contributed by atoms with Gasteiger partial charge in [-0.2, -0.15) is 0 Å². The molecule has 1 aromatic carbocycles. The summed E-state index contributed by atoms with van der Waals surface area (Å²) in [5, 5.41) is 20.6. The van der Waals surface area contributed by atoms with Crippen molar-refractivity contribution in [3.05, 3.63) is 41.0 Å². The summed E-state index contributed by atoms with van der Waals surface area (Å²) < 4.78 is 0. The predicted octanol–water partition coefficient (Wildman–Crippen LogP) is 4.76. The summed E-state index contributed by atoms with van der Waals surface area (Å²) in [6, 6.07) is 3.96. The Morgan fingerprint density at radius 2 is 2.00 bits per heavy atom. The summed E-state index contributed by atoms with van der Waals surface area (Å²) in [5.41, 5.74) is 3.87. The van der Waals surface area contributed by atoms with Gasteiger partial charge in [0.1, 0.15) is 5.75 Å². The fourth-order valence-electron chi connectivity index (χ4n) is 4.78. The largest absolute Gasteiger partial charge is 0.508 e. The number of phenolic OH excluding ortho intramolecular Hbond substituents is 1. The molecule has 0 amide bonds. The van der Waals surface area contributed by atoms with Crippen molar-refractivity contribution in [2.75, 3.05) is 0 Å². The van der Waals surface area contributed by atoms with Gasteiger partial charge in [0.25, 0.3) is 0 Å². The Labute approximate surface area is 146 Å². The molecule has 0 bridgehead atoms. The van der Waals surface area contributed by atoms with Crippen molar-refractivity contribution in [3.8, 4) is 5.75 Å². The molecule has 1 aromatic rings. The first-order valence-electron chi connectivity index (χ1n) is 9.60. The van der Waals surface area contributed by atoms with Crippen LogP contribution in [-0.4, -0.2) is 16.3 Å². The molecule has 0 radical (unpaired) electrons. The molecule has 4 unspecified atom stereocenters. The molecule has 0 aliphatic heterocycles. The van der Waals surface area contributed by atoms with Crippen molar-refractivity contribution in [3.63, 3.8) is 0 Å². The zero-order valence-corrected chi connectivity index (χ0v) is 15.5. The van der Waals surface area contributed by atoms with Crippen LogP contribution in [0.2, 0.25) is 0 Å². The Morgan fingerprint density at radius 3 is 2.67 bits per heavy atom. The predicted molar refractivity (Wildman–Crippen MR) is 99.4 cm³/mol. The van der Waals surface area contributed by atoms with Crippen LogP contribution in [-0.2, 0) is 18.3 Å². The van der Waals surface area contributed by atoms with E-state index in [1.165, 1.54) is 17.5 Å². The third-order valence-electron chi connectivity index (χ3n) is 6.69. The number of aliphatic hydroxyl groups excluding tert-OH is 1. The van der Waals surface area contributed by atoms with Gasteiger partial charge in [0.2, 0.25) is 0 Å². The lowest BCUT2D eigenvalue weighted by Gasteiger charge is -2.40. The van der Waals surface area contributed by atoms with Crippen LogP contribution in [0.4, 0.5) is 0 Å². The zero-order valence-electron chi connectivity index (χ0n) is 15.5. The van der Waals surface area contributed by atoms with Crippen LogP contribution < -0.4 is 0 Å². The van der Waals surface area contributed by atoms with Crippen molar-refractivity contribution in [2.45, 2.75) is 71.3 Å². The topological polar surface area (TPSA) is 40.5 Å². The number of phenols is 1.